The van der Waals surface area contributed by atoms with Crippen LogP contribution in [0.1, 0.15) is 0 Å². The minimum atomic E-state index is -0.721. The van der Waals surface area contributed by atoms with Crippen LogP contribution in [0.15, 0.2) is 22.7 Å². The maximum atomic E-state index is 13.0. The number of hydrogen-bond donors (Lipinski definition) is 2. The number of nitrogens with two attached hydrogens (primary N) is 1. The highest BCUT2D eigenvalue weighted by molar-refractivity contribution is 9.10. The number of aliphatic hydroxyl groups excluding tert-OH is 1. The summed E-state index contributed by atoms with van der Waals surface area (Å²) in [7, 11) is 0. The van der Waals surface area contributed by atoms with Crippen molar-refractivity contribution in [1.29, 1.82) is 0 Å². The van der Waals surface area contributed by atoms with Crippen molar-refractivity contribution in [2.45, 2.75) is 6.10 Å². The molecular weight excluding hydrogens is 253 g/mol. The monoisotopic (exact) mass is 263 g/mol. The molecule has 0 aliphatic carbocycles. The predicted octanol–water partition coefficient (Wildman–Crippen LogP) is 1.29. The molecule has 0 spiro atoms. The van der Waals surface area contributed by atoms with Crippen LogP contribution in [0.4, 0.5) is 4.39 Å². The Morgan fingerprint density at radius 3 is 2.86 bits per heavy atom. The van der Waals surface area contributed by atoms with Gasteiger partial charge in [-0.1, -0.05) is 0 Å². The molecule has 1 aromatic carbocycles. The smallest absolute Gasteiger partial charge is 0.141 e. The Morgan fingerprint density at radius 2 is 2.29 bits per heavy atom. The summed E-state index contributed by atoms with van der Waals surface area (Å²) in [4.78, 5) is 0. The molecule has 0 radical (unpaired) electrons. The molecule has 1 unspecified atom stereocenters. The second-order valence-electron chi connectivity index (χ2n) is 2.78. The van der Waals surface area contributed by atoms with Crippen molar-refractivity contribution < 1.29 is 14.2 Å². The van der Waals surface area contributed by atoms with Crippen molar-refractivity contribution in [2.24, 2.45) is 5.73 Å². The molecule has 0 saturated carbocycles. The molecule has 1 aromatic rings. The van der Waals surface area contributed by atoms with Crippen LogP contribution in [-0.4, -0.2) is 24.4 Å². The lowest BCUT2D eigenvalue weighted by atomic mass is 10.3. The van der Waals surface area contributed by atoms with Gasteiger partial charge in [0.25, 0.3) is 0 Å². The first-order valence-corrected chi connectivity index (χ1v) is 4.88. The average Bonchev–Trinajstić information content (AvgIpc) is 2.19. The van der Waals surface area contributed by atoms with Gasteiger partial charge in [0.1, 0.15) is 24.3 Å². The van der Waals surface area contributed by atoms with E-state index in [1.807, 2.05) is 0 Å². The topological polar surface area (TPSA) is 55.5 Å². The molecule has 5 heteroatoms. The van der Waals surface area contributed by atoms with E-state index in [2.05, 4.69) is 15.9 Å². The quantitative estimate of drug-likeness (QED) is 0.861. The Morgan fingerprint density at radius 1 is 1.57 bits per heavy atom. The minimum absolute atomic E-state index is 0.0670. The highest BCUT2D eigenvalue weighted by atomic mass is 79.9. The van der Waals surface area contributed by atoms with Crippen LogP contribution in [0.5, 0.6) is 5.75 Å². The van der Waals surface area contributed by atoms with E-state index >= 15 is 0 Å². The van der Waals surface area contributed by atoms with Gasteiger partial charge in [0.2, 0.25) is 0 Å². The zero-order valence-electron chi connectivity index (χ0n) is 7.41. The van der Waals surface area contributed by atoms with E-state index in [1.54, 1.807) is 12.1 Å². The Balaban J connectivity index is 2.55. The Bertz CT molecular complexity index is 309. The van der Waals surface area contributed by atoms with Gasteiger partial charge < -0.3 is 15.6 Å². The van der Waals surface area contributed by atoms with E-state index in [0.717, 1.165) is 0 Å². The maximum absolute atomic E-state index is 13.0. The molecular formula is C9H11BrFNO2. The van der Waals surface area contributed by atoms with E-state index < -0.39 is 11.9 Å². The first-order chi connectivity index (χ1) is 6.63. The van der Waals surface area contributed by atoms with Gasteiger partial charge in [-0.2, -0.15) is 0 Å². The number of halogens is 2. The molecule has 0 bridgehead atoms. The molecule has 3 nitrogen and oxygen atoms in total. The fourth-order valence-corrected chi connectivity index (χ4v) is 1.07. The van der Waals surface area contributed by atoms with Crippen LogP contribution >= 0.6 is 15.9 Å². The van der Waals surface area contributed by atoms with Crippen molar-refractivity contribution in [2.75, 3.05) is 13.2 Å². The molecule has 0 aliphatic heterocycles. The van der Waals surface area contributed by atoms with Gasteiger partial charge in [-0.05, 0) is 28.1 Å². The van der Waals surface area contributed by atoms with Crippen LogP contribution in [0.3, 0.4) is 0 Å². The number of aliphatic hydroxyl groups is 1. The largest absolute Gasteiger partial charge is 0.491 e. The standard InChI is InChI=1S/C9H11BrFNO2/c10-8-2-1-7(3-9(8)11)14-5-6(13)4-12/h1-3,6,13H,4-5,12H2. The highest BCUT2D eigenvalue weighted by Crippen LogP contribution is 2.20. The molecule has 1 rings (SSSR count). The Labute approximate surface area is 89.8 Å². The van der Waals surface area contributed by atoms with Crippen molar-refractivity contribution in [3.05, 3.63) is 28.5 Å². The second kappa shape index (κ2) is 5.29. The van der Waals surface area contributed by atoms with Crippen molar-refractivity contribution in [1.82, 2.24) is 0 Å². The van der Waals surface area contributed by atoms with Gasteiger partial charge in [-0.3, -0.25) is 0 Å². The molecule has 0 heterocycles. The molecule has 14 heavy (non-hydrogen) atoms. The van der Waals surface area contributed by atoms with Gasteiger partial charge in [0.15, 0.2) is 0 Å². The summed E-state index contributed by atoms with van der Waals surface area (Å²) in [6, 6.07) is 4.39. The van der Waals surface area contributed by atoms with Crippen molar-refractivity contribution in [3.63, 3.8) is 0 Å². The summed E-state index contributed by atoms with van der Waals surface area (Å²) in [5, 5.41) is 9.09. The van der Waals surface area contributed by atoms with Gasteiger partial charge in [0, 0.05) is 12.6 Å². The highest BCUT2D eigenvalue weighted by Gasteiger charge is 2.04. The van der Waals surface area contributed by atoms with Crippen LogP contribution in [0.2, 0.25) is 0 Å². The molecule has 0 fully saturated rings. The van der Waals surface area contributed by atoms with Gasteiger partial charge in [0.05, 0.1) is 4.47 Å². The van der Waals surface area contributed by atoms with Crippen LogP contribution in [0, 0.1) is 5.82 Å². The lowest BCUT2D eigenvalue weighted by Crippen LogP contribution is -2.26. The average molecular weight is 264 g/mol. The summed E-state index contributed by atoms with van der Waals surface area (Å²) in [5.74, 6) is -0.0251. The maximum Gasteiger partial charge on any atom is 0.141 e. The molecule has 0 amide bonds. The molecule has 1 atom stereocenters. The Hall–Kier alpha value is -0.650. The molecule has 0 saturated heterocycles. The number of rotatable bonds is 4. The number of ether oxygens (including phenoxy) is 1. The summed E-state index contributed by atoms with van der Waals surface area (Å²) >= 11 is 3.02. The summed E-state index contributed by atoms with van der Waals surface area (Å²) in [6.45, 7) is 0.191. The van der Waals surface area contributed by atoms with Gasteiger partial charge >= 0.3 is 0 Å². The summed E-state index contributed by atoms with van der Waals surface area (Å²) in [6.07, 6.45) is -0.721. The first-order valence-electron chi connectivity index (χ1n) is 4.09. The van der Waals surface area contributed by atoms with E-state index in [9.17, 15) is 4.39 Å². The predicted molar refractivity (Wildman–Crippen MR) is 54.7 cm³/mol. The third-order valence-electron chi connectivity index (χ3n) is 1.61. The fourth-order valence-electron chi connectivity index (χ4n) is 0.827. The minimum Gasteiger partial charge on any atom is -0.491 e. The number of hydrogen-bond acceptors (Lipinski definition) is 3. The zero-order valence-corrected chi connectivity index (χ0v) is 9.00. The fraction of sp³-hybridized carbons (Fsp3) is 0.333. The van der Waals surface area contributed by atoms with Gasteiger partial charge in [-0.25, -0.2) is 4.39 Å². The third kappa shape index (κ3) is 3.25. The number of benzene rings is 1. The van der Waals surface area contributed by atoms with E-state index in [0.29, 0.717) is 10.2 Å². The second-order valence-corrected chi connectivity index (χ2v) is 3.63. The van der Waals surface area contributed by atoms with E-state index in [4.69, 9.17) is 15.6 Å². The van der Waals surface area contributed by atoms with Crippen LogP contribution < -0.4 is 10.5 Å². The Kier molecular flexibility index (Phi) is 4.31. The van der Waals surface area contributed by atoms with Crippen molar-refractivity contribution >= 4 is 15.9 Å². The first kappa shape index (κ1) is 11.4. The molecule has 3 N–H and O–H groups in total. The lowest BCUT2D eigenvalue weighted by Gasteiger charge is -2.10. The third-order valence-corrected chi connectivity index (χ3v) is 2.25. The zero-order chi connectivity index (χ0) is 10.6. The molecule has 0 aromatic heterocycles. The van der Waals surface area contributed by atoms with Crippen LogP contribution in [0.25, 0.3) is 0 Å². The molecule has 78 valence electrons. The molecule has 0 aliphatic rings. The summed E-state index contributed by atoms with van der Waals surface area (Å²) in [5.41, 5.74) is 5.18. The van der Waals surface area contributed by atoms with E-state index in [1.165, 1.54) is 6.07 Å². The summed E-state index contributed by atoms with van der Waals surface area (Å²) < 4.78 is 18.5. The lowest BCUT2D eigenvalue weighted by molar-refractivity contribution is 0.114. The van der Waals surface area contributed by atoms with E-state index in [-0.39, 0.29) is 13.2 Å². The van der Waals surface area contributed by atoms with Crippen molar-refractivity contribution in [3.8, 4) is 5.75 Å². The van der Waals surface area contributed by atoms with Gasteiger partial charge in [-0.15, -0.1) is 0 Å². The van der Waals surface area contributed by atoms with Crippen LogP contribution in [-0.2, 0) is 0 Å². The normalized spacial score (nSPS) is 12.6. The SMILES string of the molecule is NCC(O)COc1ccc(Br)c(F)c1.